The summed E-state index contributed by atoms with van der Waals surface area (Å²) in [4.78, 5) is 0. The van der Waals surface area contributed by atoms with Crippen molar-refractivity contribution in [2.24, 2.45) is 0 Å². The lowest BCUT2D eigenvalue weighted by molar-refractivity contribution is 0.389. The van der Waals surface area contributed by atoms with E-state index in [1.165, 1.54) is 105 Å². The SMILES string of the molecule is C=CC1=C(/C=C\C)C(C)(C)c2ccc3c(c2O1)-c1ccc(-c2c4ccccc4c(-c4ccc5c(c4)C(C)(C)c4ccc(C)c(C)c4-5)c4ccccc24)cc1C3(C)C. The molecule has 0 bridgehead atoms. The highest BCUT2D eigenvalue weighted by atomic mass is 16.5. The zero-order valence-electron chi connectivity index (χ0n) is 34.7. The van der Waals surface area contributed by atoms with E-state index >= 15 is 0 Å². The Morgan fingerprint density at radius 1 is 0.509 bits per heavy atom. The molecule has 0 fully saturated rings. The van der Waals surface area contributed by atoms with Gasteiger partial charge in [-0.05, 0) is 133 Å². The maximum absolute atomic E-state index is 6.84. The van der Waals surface area contributed by atoms with Gasteiger partial charge in [0.15, 0.2) is 0 Å². The van der Waals surface area contributed by atoms with Crippen LogP contribution in [0.3, 0.4) is 0 Å². The van der Waals surface area contributed by atoms with Crippen molar-refractivity contribution < 1.29 is 4.74 Å². The molecule has 2 aliphatic carbocycles. The van der Waals surface area contributed by atoms with E-state index in [1.807, 2.05) is 6.08 Å². The van der Waals surface area contributed by atoms with Gasteiger partial charge in [0.1, 0.15) is 11.5 Å². The standard InChI is InChI=1S/C56H50O/c1-11-17-42-48(12-2)57-53-45(54(42,5)6)29-28-44-52(53)41-26-24-35(31-47(41)56(44,9)10)51-38-20-15-13-18-36(38)50(37-19-14-16-21-39(37)51)34-23-25-40-46(30-34)55(7,8)43-27-22-32(3)33(4)49(40)43/h11-31H,2H2,1,3-10H3/b17-11-. The largest absolute Gasteiger partial charge is 0.456 e. The molecule has 7 aromatic rings. The summed E-state index contributed by atoms with van der Waals surface area (Å²) in [5.74, 6) is 1.80. The number of allylic oxidation sites excluding steroid dienone is 4. The molecule has 0 aromatic heterocycles. The smallest absolute Gasteiger partial charge is 0.139 e. The molecule has 10 rings (SSSR count). The van der Waals surface area contributed by atoms with Crippen LogP contribution in [0.15, 0.2) is 145 Å². The Hall–Kier alpha value is -5.92. The van der Waals surface area contributed by atoms with Gasteiger partial charge in [-0.15, -0.1) is 0 Å². The second kappa shape index (κ2) is 12.0. The Morgan fingerprint density at radius 2 is 0.982 bits per heavy atom. The third kappa shape index (κ3) is 4.69. The van der Waals surface area contributed by atoms with Crippen molar-refractivity contribution in [3.05, 3.63) is 184 Å². The van der Waals surface area contributed by atoms with Gasteiger partial charge >= 0.3 is 0 Å². The topological polar surface area (TPSA) is 9.23 Å². The second-order valence-electron chi connectivity index (χ2n) is 18.1. The number of benzene rings is 7. The normalized spacial score (nSPS) is 16.6. The number of hydrogen-bond acceptors (Lipinski definition) is 1. The molecule has 3 aliphatic rings. The first kappa shape index (κ1) is 35.5. The molecule has 280 valence electrons. The lowest BCUT2D eigenvalue weighted by atomic mass is 9.73. The van der Waals surface area contributed by atoms with E-state index < -0.39 is 0 Å². The number of hydrogen-bond donors (Lipinski definition) is 0. The predicted octanol–water partition coefficient (Wildman–Crippen LogP) is 15.2. The molecule has 0 saturated heterocycles. The molecular weight excluding hydrogens is 689 g/mol. The van der Waals surface area contributed by atoms with Crippen LogP contribution in [-0.4, -0.2) is 0 Å². The Morgan fingerprint density at radius 3 is 1.49 bits per heavy atom. The summed E-state index contributed by atoms with van der Waals surface area (Å²) in [6.45, 7) is 24.9. The summed E-state index contributed by atoms with van der Waals surface area (Å²) >= 11 is 0. The van der Waals surface area contributed by atoms with Gasteiger partial charge in [0.25, 0.3) is 0 Å². The molecule has 1 heterocycles. The lowest BCUT2D eigenvalue weighted by Gasteiger charge is -2.36. The number of fused-ring (bicyclic) bond motifs is 10. The van der Waals surface area contributed by atoms with Crippen LogP contribution in [0.1, 0.15) is 87.4 Å². The average molecular weight is 739 g/mol. The summed E-state index contributed by atoms with van der Waals surface area (Å²) in [5.41, 5.74) is 20.4. The van der Waals surface area contributed by atoms with E-state index in [0.717, 1.165) is 17.1 Å². The van der Waals surface area contributed by atoms with Crippen LogP contribution in [0.4, 0.5) is 0 Å². The van der Waals surface area contributed by atoms with E-state index in [0.29, 0.717) is 0 Å². The van der Waals surface area contributed by atoms with Crippen LogP contribution >= 0.6 is 0 Å². The van der Waals surface area contributed by atoms with Crippen molar-refractivity contribution in [3.8, 4) is 50.3 Å². The quantitative estimate of drug-likeness (QED) is 0.163. The van der Waals surface area contributed by atoms with E-state index in [1.54, 1.807) is 0 Å². The first-order valence-electron chi connectivity index (χ1n) is 20.5. The molecule has 7 aromatic carbocycles. The first-order valence-corrected chi connectivity index (χ1v) is 20.5. The van der Waals surface area contributed by atoms with E-state index in [2.05, 4.69) is 190 Å². The molecule has 0 radical (unpaired) electrons. The van der Waals surface area contributed by atoms with Crippen molar-refractivity contribution in [1.29, 1.82) is 0 Å². The Labute approximate surface area is 338 Å². The minimum Gasteiger partial charge on any atom is -0.456 e. The molecule has 57 heavy (non-hydrogen) atoms. The number of rotatable bonds is 4. The van der Waals surface area contributed by atoms with Gasteiger partial charge in [0, 0.05) is 32.9 Å². The van der Waals surface area contributed by atoms with Crippen LogP contribution in [0.5, 0.6) is 5.75 Å². The zero-order chi connectivity index (χ0) is 39.8. The fourth-order valence-electron chi connectivity index (χ4n) is 10.8. The van der Waals surface area contributed by atoms with Crippen LogP contribution in [0, 0.1) is 13.8 Å². The summed E-state index contributed by atoms with van der Waals surface area (Å²) in [6, 6.07) is 41.8. The molecule has 1 aliphatic heterocycles. The molecule has 0 saturated carbocycles. The van der Waals surface area contributed by atoms with Crippen molar-refractivity contribution >= 4 is 21.5 Å². The van der Waals surface area contributed by atoms with Gasteiger partial charge in [-0.2, -0.15) is 0 Å². The molecule has 0 N–H and O–H groups in total. The predicted molar refractivity (Wildman–Crippen MR) is 243 cm³/mol. The number of aryl methyl sites for hydroxylation is 1. The summed E-state index contributed by atoms with van der Waals surface area (Å²) < 4.78 is 6.84. The monoisotopic (exact) mass is 738 g/mol. The Kier molecular flexibility index (Phi) is 7.50. The summed E-state index contributed by atoms with van der Waals surface area (Å²) in [5, 5.41) is 5.10. The van der Waals surface area contributed by atoms with Crippen molar-refractivity contribution in [3.63, 3.8) is 0 Å². The van der Waals surface area contributed by atoms with Crippen molar-refractivity contribution in [1.82, 2.24) is 0 Å². The van der Waals surface area contributed by atoms with Gasteiger partial charge in [-0.1, -0.05) is 157 Å². The second-order valence-corrected chi connectivity index (χ2v) is 18.1. The summed E-state index contributed by atoms with van der Waals surface area (Å²) in [7, 11) is 0. The first-order chi connectivity index (χ1) is 27.3. The fourth-order valence-corrected chi connectivity index (χ4v) is 10.8. The maximum atomic E-state index is 6.84. The molecule has 1 heteroatoms. The van der Waals surface area contributed by atoms with Crippen LogP contribution in [0.25, 0.3) is 66.1 Å². The third-order valence-corrected chi connectivity index (χ3v) is 14.0. The van der Waals surface area contributed by atoms with Crippen LogP contribution in [-0.2, 0) is 16.2 Å². The fraction of sp³-hybridized carbons (Fsp3) is 0.214. The van der Waals surface area contributed by atoms with Crippen molar-refractivity contribution in [2.45, 2.75) is 78.6 Å². The van der Waals surface area contributed by atoms with Gasteiger partial charge < -0.3 is 4.74 Å². The van der Waals surface area contributed by atoms with Crippen LogP contribution < -0.4 is 4.74 Å². The van der Waals surface area contributed by atoms with Gasteiger partial charge in [0.2, 0.25) is 0 Å². The van der Waals surface area contributed by atoms with E-state index in [4.69, 9.17) is 4.74 Å². The van der Waals surface area contributed by atoms with E-state index in [9.17, 15) is 0 Å². The minimum absolute atomic E-state index is 0.0854. The highest BCUT2D eigenvalue weighted by Crippen LogP contribution is 2.59. The highest BCUT2D eigenvalue weighted by molar-refractivity contribution is 6.21. The lowest BCUT2D eigenvalue weighted by Crippen LogP contribution is -2.27. The molecule has 0 atom stereocenters. The molecule has 1 nitrogen and oxygen atoms in total. The molecule has 0 amide bonds. The highest BCUT2D eigenvalue weighted by Gasteiger charge is 2.43. The van der Waals surface area contributed by atoms with Gasteiger partial charge in [-0.25, -0.2) is 0 Å². The zero-order valence-corrected chi connectivity index (χ0v) is 34.7. The maximum Gasteiger partial charge on any atom is 0.139 e. The third-order valence-electron chi connectivity index (χ3n) is 14.0. The van der Waals surface area contributed by atoms with Crippen molar-refractivity contribution in [2.75, 3.05) is 0 Å². The van der Waals surface area contributed by atoms with E-state index in [-0.39, 0.29) is 16.2 Å². The molecule has 0 spiro atoms. The average Bonchev–Trinajstić information content (AvgIpc) is 3.58. The van der Waals surface area contributed by atoms with Gasteiger partial charge in [0.05, 0.1) is 0 Å². The molecular formula is C56H50O. The summed E-state index contributed by atoms with van der Waals surface area (Å²) in [6.07, 6.45) is 6.13. The number of ether oxygens (including phenoxy) is 1. The Bertz CT molecular complexity index is 2940. The Balaban J connectivity index is 1.17. The minimum atomic E-state index is -0.235. The van der Waals surface area contributed by atoms with Crippen LogP contribution in [0.2, 0.25) is 0 Å². The van der Waals surface area contributed by atoms with Gasteiger partial charge in [-0.3, -0.25) is 0 Å². The molecule has 0 unspecified atom stereocenters.